The SMILES string of the molecule is C=C(OC(C)(C)C)N1CCC[C@H]1c1nc2cc(-c3ccc(-c4ccc5c(c4)nc([C@@H]4CCCN4C(=O)OC(C)(C)C)n5C)cc3)ccc2n1OC. The van der Waals surface area contributed by atoms with Gasteiger partial charge in [0.1, 0.15) is 29.7 Å². The quantitative estimate of drug-likeness (QED) is 0.158. The molecule has 2 aliphatic heterocycles. The molecular weight excluding hydrogens is 640 g/mol. The van der Waals surface area contributed by atoms with Crippen molar-refractivity contribution in [2.24, 2.45) is 7.05 Å². The van der Waals surface area contributed by atoms with Crippen LogP contribution in [0.25, 0.3) is 44.3 Å². The van der Waals surface area contributed by atoms with Crippen LogP contribution in [0, 0.1) is 0 Å². The number of likely N-dealkylation sites (tertiary alicyclic amines) is 2. The van der Waals surface area contributed by atoms with Crippen LogP contribution in [0.1, 0.15) is 91.0 Å². The summed E-state index contributed by atoms with van der Waals surface area (Å²) < 4.78 is 15.8. The topological polar surface area (TPSA) is 86.9 Å². The number of hydrogen-bond donors (Lipinski definition) is 0. The molecular formula is C41H50N6O4. The first-order chi connectivity index (χ1) is 24.2. The van der Waals surface area contributed by atoms with Gasteiger partial charge in [0.25, 0.3) is 0 Å². The van der Waals surface area contributed by atoms with Gasteiger partial charge in [0, 0.05) is 20.1 Å². The fourth-order valence-corrected chi connectivity index (χ4v) is 7.53. The van der Waals surface area contributed by atoms with Crippen LogP contribution in [-0.4, -0.2) is 66.6 Å². The van der Waals surface area contributed by atoms with Gasteiger partial charge < -0.3 is 23.8 Å². The van der Waals surface area contributed by atoms with Gasteiger partial charge in [-0.25, -0.2) is 14.8 Å². The monoisotopic (exact) mass is 690 g/mol. The van der Waals surface area contributed by atoms with Crippen LogP contribution in [0.3, 0.4) is 0 Å². The van der Waals surface area contributed by atoms with E-state index in [4.69, 9.17) is 24.3 Å². The number of amides is 1. The largest absolute Gasteiger partial charge is 0.474 e. The molecule has 0 radical (unpaired) electrons. The smallest absolute Gasteiger partial charge is 0.410 e. The van der Waals surface area contributed by atoms with Crippen molar-refractivity contribution in [3.8, 4) is 22.3 Å². The van der Waals surface area contributed by atoms with E-state index in [1.807, 2.05) is 58.2 Å². The third kappa shape index (κ3) is 6.76. The summed E-state index contributed by atoms with van der Waals surface area (Å²) >= 11 is 0. The van der Waals surface area contributed by atoms with Crippen molar-refractivity contribution < 1.29 is 19.1 Å². The number of imidazole rings is 2. The van der Waals surface area contributed by atoms with E-state index < -0.39 is 5.60 Å². The molecule has 2 saturated heterocycles. The highest BCUT2D eigenvalue weighted by Crippen LogP contribution is 2.38. The second-order valence-electron chi connectivity index (χ2n) is 15.8. The highest BCUT2D eigenvalue weighted by Gasteiger charge is 2.36. The molecule has 2 fully saturated rings. The molecule has 51 heavy (non-hydrogen) atoms. The fraction of sp³-hybridized carbons (Fsp3) is 0.439. The first kappa shape index (κ1) is 34.5. The molecule has 10 nitrogen and oxygen atoms in total. The Kier molecular flexibility index (Phi) is 8.76. The zero-order valence-electron chi connectivity index (χ0n) is 31.2. The Morgan fingerprint density at radius 3 is 1.76 bits per heavy atom. The van der Waals surface area contributed by atoms with Gasteiger partial charge in [-0.05, 0) is 120 Å². The van der Waals surface area contributed by atoms with Gasteiger partial charge in [0.15, 0.2) is 11.7 Å². The van der Waals surface area contributed by atoms with E-state index in [0.29, 0.717) is 12.4 Å². The number of ether oxygens (including phenoxy) is 2. The fourth-order valence-electron chi connectivity index (χ4n) is 7.53. The highest BCUT2D eigenvalue weighted by atomic mass is 16.6. The average Bonchev–Trinajstić information content (AvgIpc) is 3.87. The Morgan fingerprint density at radius 2 is 1.20 bits per heavy atom. The molecule has 0 unspecified atom stereocenters. The standard InChI is InChI=1S/C41H50N6O4/c1-26(50-40(2,3)4)45-22-10-13-36(45)38-43-32-25-30(19-21-34(32)47(38)49-9)28-16-14-27(15-17-28)29-18-20-33-31(24-29)42-37(44(33)8)35-12-11-23-46(35)39(48)51-41(5,6)7/h14-21,24-25,35-36H,1,10-13,22-23H2,2-9H3/t35-,36-/m0/s1. The van der Waals surface area contributed by atoms with Gasteiger partial charge in [-0.1, -0.05) is 36.4 Å². The maximum atomic E-state index is 13.0. The third-order valence-electron chi connectivity index (χ3n) is 9.76. The molecule has 10 heteroatoms. The molecule has 0 N–H and O–H groups in total. The normalized spacial score (nSPS) is 18.2. The summed E-state index contributed by atoms with van der Waals surface area (Å²) in [7, 11) is 3.72. The Morgan fingerprint density at radius 1 is 0.706 bits per heavy atom. The summed E-state index contributed by atoms with van der Waals surface area (Å²) in [6.45, 7) is 17.6. The van der Waals surface area contributed by atoms with Crippen LogP contribution in [0.4, 0.5) is 4.79 Å². The molecule has 0 aliphatic carbocycles. The molecule has 0 spiro atoms. The molecule has 0 bridgehead atoms. The lowest BCUT2D eigenvalue weighted by atomic mass is 10.00. The minimum Gasteiger partial charge on any atom is -0.474 e. The molecule has 7 rings (SSSR count). The van der Waals surface area contributed by atoms with Crippen LogP contribution in [0.2, 0.25) is 0 Å². The first-order valence-corrected chi connectivity index (χ1v) is 18.0. The van der Waals surface area contributed by atoms with Crippen LogP contribution < -0.4 is 4.84 Å². The van der Waals surface area contributed by atoms with Crippen molar-refractivity contribution in [3.05, 3.63) is 84.8 Å². The van der Waals surface area contributed by atoms with Gasteiger partial charge in [-0.15, -0.1) is 0 Å². The number of aromatic nitrogens is 4. The summed E-state index contributed by atoms with van der Waals surface area (Å²) in [4.78, 5) is 33.1. The van der Waals surface area contributed by atoms with E-state index >= 15 is 0 Å². The van der Waals surface area contributed by atoms with Crippen LogP contribution in [0.5, 0.6) is 0 Å². The molecule has 0 saturated carbocycles. The van der Waals surface area contributed by atoms with Crippen LogP contribution in [-0.2, 0) is 16.5 Å². The number of carbonyl (C=O) groups excluding carboxylic acids is 1. The average molecular weight is 691 g/mol. The van der Waals surface area contributed by atoms with E-state index in [0.717, 1.165) is 88.2 Å². The van der Waals surface area contributed by atoms with E-state index in [1.54, 1.807) is 7.11 Å². The van der Waals surface area contributed by atoms with Crippen molar-refractivity contribution in [2.45, 2.75) is 90.5 Å². The van der Waals surface area contributed by atoms with Gasteiger partial charge in [0.2, 0.25) is 0 Å². The third-order valence-corrected chi connectivity index (χ3v) is 9.76. The minimum atomic E-state index is -0.542. The zero-order chi connectivity index (χ0) is 36.2. The number of aryl methyl sites for hydroxylation is 1. The summed E-state index contributed by atoms with van der Waals surface area (Å²) in [5.41, 5.74) is 7.28. The van der Waals surface area contributed by atoms with E-state index in [-0.39, 0.29) is 23.8 Å². The molecule has 4 heterocycles. The lowest BCUT2D eigenvalue weighted by molar-refractivity contribution is -0.00344. The summed E-state index contributed by atoms with van der Waals surface area (Å²) in [5.74, 6) is 2.41. The Bertz CT molecular complexity index is 2100. The van der Waals surface area contributed by atoms with E-state index in [9.17, 15) is 4.79 Å². The molecule has 1 amide bonds. The maximum Gasteiger partial charge on any atom is 0.410 e. The molecule has 5 aromatic rings. The molecule has 3 aromatic carbocycles. The van der Waals surface area contributed by atoms with Crippen LogP contribution >= 0.6 is 0 Å². The van der Waals surface area contributed by atoms with Crippen molar-refractivity contribution in [2.75, 3.05) is 20.2 Å². The van der Waals surface area contributed by atoms with E-state index in [1.165, 1.54) is 0 Å². The summed E-state index contributed by atoms with van der Waals surface area (Å²) in [6, 6.07) is 21.3. The van der Waals surface area contributed by atoms with Crippen molar-refractivity contribution in [1.82, 2.24) is 29.1 Å². The number of benzene rings is 3. The second kappa shape index (κ2) is 13.0. The Labute approximate surface area is 300 Å². The van der Waals surface area contributed by atoms with Crippen LogP contribution in [0.15, 0.2) is 73.1 Å². The van der Waals surface area contributed by atoms with Crippen molar-refractivity contribution in [3.63, 3.8) is 0 Å². The Hall–Kier alpha value is -4.99. The molecule has 2 aliphatic rings. The lowest BCUT2D eigenvalue weighted by Gasteiger charge is -2.32. The minimum absolute atomic E-state index is 0.0181. The number of carbonyl (C=O) groups is 1. The van der Waals surface area contributed by atoms with Gasteiger partial charge in [-0.3, -0.25) is 4.90 Å². The predicted octanol–water partition coefficient (Wildman–Crippen LogP) is 8.81. The first-order valence-electron chi connectivity index (χ1n) is 18.0. The summed E-state index contributed by atoms with van der Waals surface area (Å²) in [5, 5.41) is 0. The van der Waals surface area contributed by atoms with Gasteiger partial charge in [0.05, 0.1) is 28.6 Å². The van der Waals surface area contributed by atoms with Gasteiger partial charge >= 0.3 is 6.09 Å². The summed E-state index contributed by atoms with van der Waals surface area (Å²) in [6.07, 6.45) is 3.49. The molecule has 2 atom stereocenters. The zero-order valence-corrected chi connectivity index (χ0v) is 31.2. The van der Waals surface area contributed by atoms with E-state index in [2.05, 4.69) is 76.7 Å². The lowest BCUT2D eigenvalue weighted by Crippen LogP contribution is -2.37. The second-order valence-corrected chi connectivity index (χ2v) is 15.8. The molecule has 268 valence electrons. The molecule has 2 aromatic heterocycles. The van der Waals surface area contributed by atoms with Crippen molar-refractivity contribution in [1.29, 1.82) is 0 Å². The number of rotatable bonds is 7. The van der Waals surface area contributed by atoms with Crippen molar-refractivity contribution >= 4 is 28.2 Å². The highest BCUT2D eigenvalue weighted by molar-refractivity contribution is 5.85. The maximum absolute atomic E-state index is 13.0. The number of hydrogen-bond acceptors (Lipinski definition) is 7. The number of fused-ring (bicyclic) bond motifs is 2. The predicted molar refractivity (Wildman–Crippen MR) is 201 cm³/mol. The van der Waals surface area contributed by atoms with Gasteiger partial charge in [-0.2, -0.15) is 4.73 Å². The number of nitrogens with zero attached hydrogens (tertiary/aromatic N) is 6. The Balaban J connectivity index is 1.13.